The summed E-state index contributed by atoms with van der Waals surface area (Å²) < 4.78 is 6.73. The highest BCUT2D eigenvalue weighted by atomic mass is 16.5. The number of hydrogen-bond acceptors (Lipinski definition) is 5. The van der Waals surface area contributed by atoms with Crippen LogP contribution in [-0.2, 0) is 14.3 Å². The zero-order valence-electron chi connectivity index (χ0n) is 17.4. The van der Waals surface area contributed by atoms with E-state index in [1.807, 2.05) is 58.0 Å². The van der Waals surface area contributed by atoms with Crippen molar-refractivity contribution in [2.45, 2.75) is 34.6 Å². The largest absolute Gasteiger partial charge is 0.465 e. The van der Waals surface area contributed by atoms with Crippen LogP contribution in [0.25, 0.3) is 5.69 Å². The van der Waals surface area contributed by atoms with Gasteiger partial charge >= 0.3 is 5.97 Å². The van der Waals surface area contributed by atoms with Crippen LogP contribution in [-0.4, -0.2) is 52.8 Å². The minimum atomic E-state index is -0.323. The molecule has 0 atom stereocenters. The fourth-order valence-electron chi connectivity index (χ4n) is 2.95. The van der Waals surface area contributed by atoms with Crippen LogP contribution in [0.15, 0.2) is 30.3 Å². The van der Waals surface area contributed by atoms with E-state index >= 15 is 0 Å². The van der Waals surface area contributed by atoms with Gasteiger partial charge in [-0.1, -0.05) is 31.5 Å². The fourth-order valence-corrected chi connectivity index (χ4v) is 2.95. The smallest absolute Gasteiger partial charge is 0.320 e. The summed E-state index contributed by atoms with van der Waals surface area (Å²) in [5, 5.41) is 7.40. The first-order valence-corrected chi connectivity index (χ1v) is 9.60. The summed E-state index contributed by atoms with van der Waals surface area (Å²) in [6, 6.07) is 9.76. The van der Waals surface area contributed by atoms with Gasteiger partial charge in [-0.25, -0.2) is 4.68 Å². The summed E-state index contributed by atoms with van der Waals surface area (Å²) in [4.78, 5) is 26.3. The summed E-state index contributed by atoms with van der Waals surface area (Å²) in [7, 11) is 0. The third-order valence-electron chi connectivity index (χ3n) is 4.03. The third-order valence-corrected chi connectivity index (χ3v) is 4.03. The molecule has 7 heteroatoms. The zero-order valence-corrected chi connectivity index (χ0v) is 17.4. The van der Waals surface area contributed by atoms with Crippen molar-refractivity contribution in [3.05, 3.63) is 41.6 Å². The van der Waals surface area contributed by atoms with Gasteiger partial charge in [-0.05, 0) is 38.8 Å². The number of hydrogen-bond donors (Lipinski definition) is 1. The quantitative estimate of drug-likeness (QED) is 0.671. The molecule has 0 radical (unpaired) electrons. The molecule has 0 saturated carbocycles. The normalized spacial score (nSPS) is 11.1. The Morgan fingerprint density at radius 1 is 1.18 bits per heavy atom. The maximum atomic E-state index is 12.6. The molecule has 1 aromatic carbocycles. The lowest BCUT2D eigenvalue weighted by Crippen LogP contribution is -2.39. The Balaban J connectivity index is 2.10. The highest BCUT2D eigenvalue weighted by Crippen LogP contribution is 2.17. The minimum absolute atomic E-state index is 0.0929. The van der Waals surface area contributed by atoms with Gasteiger partial charge in [-0.3, -0.25) is 14.5 Å². The van der Waals surface area contributed by atoms with Crippen molar-refractivity contribution < 1.29 is 14.3 Å². The van der Waals surface area contributed by atoms with Crippen LogP contribution in [0, 0.1) is 19.8 Å². The van der Waals surface area contributed by atoms with Crippen molar-refractivity contribution in [2.24, 2.45) is 5.92 Å². The predicted octanol–water partition coefficient (Wildman–Crippen LogP) is 2.95. The average molecular weight is 386 g/mol. The van der Waals surface area contributed by atoms with Gasteiger partial charge in [0.05, 0.1) is 31.1 Å². The monoisotopic (exact) mass is 386 g/mol. The van der Waals surface area contributed by atoms with E-state index in [0.717, 1.165) is 16.9 Å². The van der Waals surface area contributed by atoms with Crippen LogP contribution in [0.4, 0.5) is 5.82 Å². The maximum Gasteiger partial charge on any atom is 0.320 e. The van der Waals surface area contributed by atoms with E-state index in [1.54, 1.807) is 16.5 Å². The van der Waals surface area contributed by atoms with Crippen molar-refractivity contribution >= 4 is 17.7 Å². The van der Waals surface area contributed by atoms with E-state index in [1.165, 1.54) is 0 Å². The minimum Gasteiger partial charge on any atom is -0.465 e. The molecule has 0 aliphatic carbocycles. The molecule has 152 valence electrons. The molecule has 0 aliphatic heterocycles. The zero-order chi connectivity index (χ0) is 20.7. The van der Waals surface area contributed by atoms with Crippen molar-refractivity contribution in [1.82, 2.24) is 14.7 Å². The fraction of sp³-hybridized carbons (Fsp3) is 0.476. The van der Waals surface area contributed by atoms with Crippen molar-refractivity contribution in [3.8, 4) is 5.69 Å². The van der Waals surface area contributed by atoms with Gasteiger partial charge in [0, 0.05) is 12.6 Å². The number of nitrogens with zero attached hydrogens (tertiary/aromatic N) is 3. The molecule has 0 aliphatic rings. The lowest BCUT2D eigenvalue weighted by Gasteiger charge is -2.22. The topological polar surface area (TPSA) is 76.5 Å². The Kier molecular flexibility index (Phi) is 7.75. The number of amides is 1. The SMILES string of the molecule is CCOC(=O)CN(CC(=O)Nc1cc(C)nn1-c1ccc(C)cc1)CC(C)C. The summed E-state index contributed by atoms with van der Waals surface area (Å²) in [5.74, 6) is 0.407. The Morgan fingerprint density at radius 2 is 1.86 bits per heavy atom. The van der Waals surface area contributed by atoms with Crippen LogP contribution in [0.1, 0.15) is 32.0 Å². The molecule has 1 heterocycles. The molecule has 1 N–H and O–H groups in total. The van der Waals surface area contributed by atoms with Gasteiger partial charge < -0.3 is 10.1 Å². The second-order valence-corrected chi connectivity index (χ2v) is 7.33. The van der Waals surface area contributed by atoms with E-state index in [4.69, 9.17) is 4.74 Å². The Hall–Kier alpha value is -2.67. The van der Waals surface area contributed by atoms with E-state index < -0.39 is 0 Å². The standard InChI is InChI=1S/C21H30N4O3/c1-6-28-21(27)14-24(12-15(2)3)13-20(26)22-19-11-17(5)23-25(19)18-9-7-16(4)8-10-18/h7-11,15H,6,12-14H2,1-5H3,(H,22,26). The van der Waals surface area contributed by atoms with Crippen LogP contribution >= 0.6 is 0 Å². The van der Waals surface area contributed by atoms with Crippen molar-refractivity contribution in [1.29, 1.82) is 0 Å². The van der Waals surface area contributed by atoms with E-state index in [0.29, 0.717) is 24.9 Å². The third kappa shape index (κ3) is 6.49. The summed E-state index contributed by atoms with van der Waals surface area (Å²) >= 11 is 0. The van der Waals surface area contributed by atoms with E-state index in [9.17, 15) is 9.59 Å². The molecular weight excluding hydrogens is 356 g/mol. The molecule has 0 fully saturated rings. The lowest BCUT2D eigenvalue weighted by atomic mass is 10.2. The molecule has 1 amide bonds. The molecule has 2 aromatic rings. The second kappa shape index (κ2) is 10.0. The molecule has 1 aromatic heterocycles. The van der Waals surface area contributed by atoms with Gasteiger partial charge in [0.15, 0.2) is 0 Å². The van der Waals surface area contributed by atoms with Crippen LogP contribution in [0.2, 0.25) is 0 Å². The van der Waals surface area contributed by atoms with Gasteiger partial charge in [0.1, 0.15) is 5.82 Å². The predicted molar refractivity (Wildman–Crippen MR) is 110 cm³/mol. The van der Waals surface area contributed by atoms with Gasteiger partial charge in [-0.15, -0.1) is 0 Å². The molecule has 2 rings (SSSR count). The molecule has 28 heavy (non-hydrogen) atoms. The van der Waals surface area contributed by atoms with Crippen LogP contribution in [0.5, 0.6) is 0 Å². The highest BCUT2D eigenvalue weighted by molar-refractivity contribution is 5.92. The van der Waals surface area contributed by atoms with Gasteiger partial charge in [0.2, 0.25) is 5.91 Å². The van der Waals surface area contributed by atoms with E-state index in [2.05, 4.69) is 10.4 Å². The summed E-state index contributed by atoms with van der Waals surface area (Å²) in [6.07, 6.45) is 0. The van der Waals surface area contributed by atoms with E-state index in [-0.39, 0.29) is 25.0 Å². The van der Waals surface area contributed by atoms with Crippen molar-refractivity contribution in [2.75, 3.05) is 31.6 Å². The number of nitrogens with one attached hydrogen (secondary N) is 1. The lowest BCUT2D eigenvalue weighted by molar-refractivity contribution is -0.144. The number of aryl methyl sites for hydroxylation is 2. The second-order valence-electron chi connectivity index (χ2n) is 7.33. The molecule has 0 bridgehead atoms. The number of rotatable bonds is 9. The first-order chi connectivity index (χ1) is 13.3. The summed E-state index contributed by atoms with van der Waals surface area (Å²) in [6.45, 7) is 10.9. The number of ether oxygens (including phenoxy) is 1. The number of esters is 1. The average Bonchev–Trinajstić information content (AvgIpc) is 2.95. The first kappa shape index (κ1) is 21.6. The van der Waals surface area contributed by atoms with Gasteiger partial charge in [-0.2, -0.15) is 5.10 Å². The van der Waals surface area contributed by atoms with Crippen LogP contribution in [0.3, 0.4) is 0 Å². The van der Waals surface area contributed by atoms with Crippen LogP contribution < -0.4 is 5.32 Å². The first-order valence-electron chi connectivity index (χ1n) is 9.60. The number of anilines is 1. The summed E-state index contributed by atoms with van der Waals surface area (Å²) in [5.41, 5.74) is 2.84. The van der Waals surface area contributed by atoms with Gasteiger partial charge in [0.25, 0.3) is 0 Å². The number of benzene rings is 1. The van der Waals surface area contributed by atoms with Crippen molar-refractivity contribution in [3.63, 3.8) is 0 Å². The number of aromatic nitrogens is 2. The molecule has 0 saturated heterocycles. The number of carbonyl (C=O) groups is 2. The molecule has 0 spiro atoms. The molecule has 7 nitrogen and oxygen atoms in total. The maximum absolute atomic E-state index is 12.6. The number of carbonyl (C=O) groups excluding carboxylic acids is 2. The molecular formula is C21H30N4O3. The Labute approximate surface area is 166 Å². The molecule has 0 unspecified atom stereocenters. The Morgan fingerprint density at radius 3 is 2.46 bits per heavy atom. The Bertz CT molecular complexity index is 796. The highest BCUT2D eigenvalue weighted by Gasteiger charge is 2.18.